The molecule has 100 valence electrons. The molecule has 1 aromatic rings. The van der Waals surface area contributed by atoms with Crippen LogP contribution in [0.4, 0.5) is 10.1 Å². The Labute approximate surface area is 109 Å². The van der Waals surface area contributed by atoms with E-state index in [1.54, 1.807) is 13.0 Å². The van der Waals surface area contributed by atoms with Crippen molar-refractivity contribution in [3.05, 3.63) is 29.6 Å². The van der Waals surface area contributed by atoms with Crippen molar-refractivity contribution >= 4 is 5.69 Å². The fraction of sp³-hybridized carbons (Fsp3) is 0.600. The van der Waals surface area contributed by atoms with Crippen LogP contribution in [-0.4, -0.2) is 30.6 Å². The van der Waals surface area contributed by atoms with Gasteiger partial charge in [-0.25, -0.2) is 4.39 Å². The van der Waals surface area contributed by atoms with Crippen molar-refractivity contribution in [3.8, 4) is 0 Å². The third-order valence-electron chi connectivity index (χ3n) is 3.67. The zero-order valence-electron chi connectivity index (χ0n) is 11.4. The van der Waals surface area contributed by atoms with Gasteiger partial charge in [0.2, 0.25) is 0 Å². The lowest BCUT2D eigenvalue weighted by atomic mass is 10.0. The van der Waals surface area contributed by atoms with E-state index in [9.17, 15) is 4.39 Å². The second-order valence-electron chi connectivity index (χ2n) is 5.22. The lowest BCUT2D eigenvalue weighted by molar-refractivity contribution is 0.219. The summed E-state index contributed by atoms with van der Waals surface area (Å²) in [7, 11) is 0. The number of nitrogens with one attached hydrogen (secondary N) is 1. The molecule has 18 heavy (non-hydrogen) atoms. The van der Waals surface area contributed by atoms with Crippen LogP contribution in [-0.2, 0) is 0 Å². The minimum atomic E-state index is -0.122. The maximum absolute atomic E-state index is 13.4. The second kappa shape index (κ2) is 6.19. The van der Waals surface area contributed by atoms with Gasteiger partial charge in [0.05, 0.1) is 0 Å². The highest BCUT2D eigenvalue weighted by atomic mass is 19.1. The molecule has 0 amide bonds. The molecule has 0 bridgehead atoms. The molecule has 1 heterocycles. The summed E-state index contributed by atoms with van der Waals surface area (Å²) in [6, 6.07) is 5.90. The average Bonchev–Trinajstić information content (AvgIpc) is 2.37. The van der Waals surface area contributed by atoms with Gasteiger partial charge in [0.1, 0.15) is 5.82 Å². The van der Waals surface area contributed by atoms with Crippen molar-refractivity contribution in [2.45, 2.75) is 39.2 Å². The number of hydrogen-bond acceptors (Lipinski definition) is 2. The molecule has 1 saturated heterocycles. The number of rotatable bonds is 4. The summed E-state index contributed by atoms with van der Waals surface area (Å²) in [5.74, 6) is -0.122. The topological polar surface area (TPSA) is 15.3 Å². The number of piperidine rings is 1. The van der Waals surface area contributed by atoms with E-state index in [0.717, 1.165) is 31.6 Å². The Morgan fingerprint density at radius 3 is 2.67 bits per heavy atom. The molecule has 1 N–H and O–H groups in total. The number of halogens is 1. The van der Waals surface area contributed by atoms with Gasteiger partial charge >= 0.3 is 0 Å². The van der Waals surface area contributed by atoms with Gasteiger partial charge in [0.25, 0.3) is 0 Å². The van der Waals surface area contributed by atoms with Gasteiger partial charge in [0.15, 0.2) is 0 Å². The Balaban J connectivity index is 1.85. The van der Waals surface area contributed by atoms with E-state index in [-0.39, 0.29) is 5.82 Å². The number of nitrogens with zero attached hydrogens (tertiary/aromatic N) is 1. The van der Waals surface area contributed by atoms with E-state index >= 15 is 0 Å². The summed E-state index contributed by atoms with van der Waals surface area (Å²) in [4.78, 5) is 2.51. The van der Waals surface area contributed by atoms with Gasteiger partial charge in [-0.1, -0.05) is 13.0 Å². The van der Waals surface area contributed by atoms with Crippen LogP contribution in [0.5, 0.6) is 0 Å². The second-order valence-corrected chi connectivity index (χ2v) is 5.22. The van der Waals surface area contributed by atoms with E-state index < -0.39 is 0 Å². The Bertz CT molecular complexity index is 384. The molecule has 2 rings (SSSR count). The predicted molar refractivity (Wildman–Crippen MR) is 74.5 cm³/mol. The van der Waals surface area contributed by atoms with E-state index in [1.165, 1.54) is 13.0 Å². The van der Waals surface area contributed by atoms with Crippen LogP contribution in [0.2, 0.25) is 0 Å². The van der Waals surface area contributed by atoms with Gasteiger partial charge in [-0.15, -0.1) is 0 Å². The average molecular weight is 250 g/mol. The lowest BCUT2D eigenvalue weighted by Crippen LogP contribution is -2.39. The summed E-state index contributed by atoms with van der Waals surface area (Å²) >= 11 is 0. The molecule has 0 aliphatic carbocycles. The normalized spacial score (nSPS) is 17.9. The highest BCUT2D eigenvalue weighted by Crippen LogP contribution is 2.19. The Morgan fingerprint density at radius 1 is 1.33 bits per heavy atom. The maximum Gasteiger partial charge on any atom is 0.128 e. The van der Waals surface area contributed by atoms with E-state index in [0.29, 0.717) is 11.6 Å². The highest BCUT2D eigenvalue weighted by Gasteiger charge is 2.18. The monoisotopic (exact) mass is 250 g/mol. The molecular weight excluding hydrogens is 227 g/mol. The van der Waals surface area contributed by atoms with Crippen molar-refractivity contribution in [1.29, 1.82) is 0 Å². The molecule has 2 nitrogen and oxygen atoms in total. The Kier molecular flexibility index (Phi) is 4.59. The minimum absolute atomic E-state index is 0.122. The third-order valence-corrected chi connectivity index (χ3v) is 3.67. The van der Waals surface area contributed by atoms with E-state index in [1.807, 2.05) is 12.1 Å². The van der Waals surface area contributed by atoms with Gasteiger partial charge in [-0.3, -0.25) is 0 Å². The van der Waals surface area contributed by atoms with Crippen LogP contribution in [0.15, 0.2) is 18.2 Å². The van der Waals surface area contributed by atoms with Crippen molar-refractivity contribution in [1.82, 2.24) is 4.90 Å². The highest BCUT2D eigenvalue weighted by molar-refractivity contribution is 5.46. The first-order valence-corrected chi connectivity index (χ1v) is 6.94. The molecule has 0 atom stereocenters. The van der Waals surface area contributed by atoms with Crippen LogP contribution < -0.4 is 5.32 Å². The van der Waals surface area contributed by atoms with Gasteiger partial charge in [-0.05, 0) is 50.4 Å². The summed E-state index contributed by atoms with van der Waals surface area (Å²) in [6.07, 6.45) is 3.52. The van der Waals surface area contributed by atoms with Crippen molar-refractivity contribution in [2.24, 2.45) is 0 Å². The van der Waals surface area contributed by atoms with Crippen LogP contribution in [0, 0.1) is 12.7 Å². The molecule has 1 fully saturated rings. The number of aryl methyl sites for hydroxylation is 1. The molecule has 0 spiro atoms. The molecule has 1 aliphatic rings. The standard InChI is InChI=1S/C15H23FN2/c1-3-8-18-9-6-13(7-10-18)17-14-5-4-12(2)15(16)11-14/h4-5,11,13,17H,3,6-10H2,1-2H3. The summed E-state index contributed by atoms with van der Waals surface area (Å²) in [5, 5.41) is 3.44. The molecule has 0 aromatic heterocycles. The smallest absolute Gasteiger partial charge is 0.128 e. The SMILES string of the molecule is CCCN1CCC(Nc2ccc(C)c(F)c2)CC1. The summed E-state index contributed by atoms with van der Waals surface area (Å²) in [6.45, 7) is 7.52. The van der Waals surface area contributed by atoms with E-state index in [4.69, 9.17) is 0 Å². The zero-order chi connectivity index (χ0) is 13.0. The summed E-state index contributed by atoms with van der Waals surface area (Å²) < 4.78 is 13.4. The molecule has 1 aromatic carbocycles. The Morgan fingerprint density at radius 2 is 2.06 bits per heavy atom. The third kappa shape index (κ3) is 3.45. The van der Waals surface area contributed by atoms with Crippen LogP contribution >= 0.6 is 0 Å². The fourth-order valence-corrected chi connectivity index (χ4v) is 2.54. The number of hydrogen-bond donors (Lipinski definition) is 1. The molecule has 0 unspecified atom stereocenters. The predicted octanol–water partition coefficient (Wildman–Crippen LogP) is 3.42. The number of benzene rings is 1. The summed E-state index contributed by atoms with van der Waals surface area (Å²) in [5.41, 5.74) is 1.62. The molecule has 1 aliphatic heterocycles. The molecule has 3 heteroatoms. The first kappa shape index (κ1) is 13.3. The largest absolute Gasteiger partial charge is 0.382 e. The van der Waals surface area contributed by atoms with Crippen molar-refractivity contribution in [3.63, 3.8) is 0 Å². The number of likely N-dealkylation sites (tertiary alicyclic amines) is 1. The van der Waals surface area contributed by atoms with Crippen molar-refractivity contribution < 1.29 is 4.39 Å². The van der Waals surface area contributed by atoms with Crippen molar-refractivity contribution in [2.75, 3.05) is 25.0 Å². The first-order valence-electron chi connectivity index (χ1n) is 6.94. The quantitative estimate of drug-likeness (QED) is 0.881. The Hall–Kier alpha value is -1.09. The minimum Gasteiger partial charge on any atom is -0.382 e. The fourth-order valence-electron chi connectivity index (χ4n) is 2.54. The first-order chi connectivity index (χ1) is 8.69. The maximum atomic E-state index is 13.4. The number of anilines is 1. The van der Waals surface area contributed by atoms with Crippen LogP contribution in [0.1, 0.15) is 31.7 Å². The molecule has 0 saturated carbocycles. The van der Waals surface area contributed by atoms with Gasteiger partial charge < -0.3 is 10.2 Å². The van der Waals surface area contributed by atoms with E-state index in [2.05, 4.69) is 17.1 Å². The van der Waals surface area contributed by atoms with Gasteiger partial charge in [0, 0.05) is 24.8 Å². The molecular formula is C15H23FN2. The van der Waals surface area contributed by atoms with Gasteiger partial charge in [-0.2, -0.15) is 0 Å². The van der Waals surface area contributed by atoms with Crippen LogP contribution in [0.25, 0.3) is 0 Å². The zero-order valence-corrected chi connectivity index (χ0v) is 11.4. The van der Waals surface area contributed by atoms with Crippen LogP contribution in [0.3, 0.4) is 0 Å². The lowest BCUT2D eigenvalue weighted by Gasteiger charge is -2.32. The molecule has 0 radical (unpaired) electrons.